The van der Waals surface area contributed by atoms with Crippen molar-refractivity contribution in [1.82, 2.24) is 4.57 Å². The van der Waals surface area contributed by atoms with E-state index in [-0.39, 0.29) is 17.5 Å². The molecule has 0 bridgehead atoms. The van der Waals surface area contributed by atoms with E-state index in [4.69, 9.17) is 33.4 Å². The third-order valence-electron chi connectivity index (χ3n) is 9.29. The molecule has 0 aliphatic rings. The average Bonchev–Trinajstić information content (AvgIpc) is 3.38. The average molecular weight is 642 g/mol. The third-order valence-corrected chi connectivity index (χ3v) is 9.29. The van der Waals surface area contributed by atoms with Gasteiger partial charge >= 0.3 is 0 Å². The van der Waals surface area contributed by atoms with E-state index in [1.807, 2.05) is 0 Å². The molecule has 1 aromatic heterocycles. The van der Waals surface area contributed by atoms with E-state index in [0.29, 0.717) is 19.3 Å². The van der Waals surface area contributed by atoms with Gasteiger partial charge in [0.2, 0.25) is 0 Å². The number of amidine groups is 3. The summed E-state index contributed by atoms with van der Waals surface area (Å²) in [4.78, 5) is 0. The van der Waals surface area contributed by atoms with Crippen LogP contribution in [0.15, 0.2) is 84.9 Å². The van der Waals surface area contributed by atoms with Crippen LogP contribution in [0.25, 0.3) is 44.1 Å². The van der Waals surface area contributed by atoms with E-state index in [2.05, 4.69) is 89.5 Å². The highest BCUT2D eigenvalue weighted by molar-refractivity contribution is 6.10. The van der Waals surface area contributed by atoms with Crippen molar-refractivity contribution in [1.29, 1.82) is 16.2 Å². The van der Waals surface area contributed by atoms with Crippen LogP contribution in [0.1, 0.15) is 81.8 Å². The van der Waals surface area contributed by atoms with Gasteiger partial charge in [0.15, 0.2) is 0 Å². The van der Waals surface area contributed by atoms with Gasteiger partial charge in [-0.1, -0.05) is 85.6 Å². The first-order valence-corrected chi connectivity index (χ1v) is 17.5. The number of nitrogens with two attached hydrogens (primary N) is 3. The van der Waals surface area contributed by atoms with Crippen LogP contribution in [0.2, 0.25) is 0 Å². The van der Waals surface area contributed by atoms with Gasteiger partial charge in [0.25, 0.3) is 0 Å². The highest BCUT2D eigenvalue weighted by Crippen LogP contribution is 2.36. The van der Waals surface area contributed by atoms with Gasteiger partial charge in [0, 0.05) is 47.6 Å². The Labute approximate surface area is 285 Å². The Hall–Kier alpha value is -4.91. The fraction of sp³-hybridized carbons (Fsp3) is 0.341. The lowest BCUT2D eigenvalue weighted by molar-refractivity contribution is 0.648. The molecule has 0 aliphatic carbocycles. The van der Waals surface area contributed by atoms with Crippen molar-refractivity contribution in [3.8, 4) is 22.3 Å². The summed E-state index contributed by atoms with van der Waals surface area (Å²) in [7, 11) is 0. The van der Waals surface area contributed by atoms with E-state index in [0.717, 1.165) is 70.8 Å². The number of unbranched alkanes of at least 4 members (excludes halogenated alkanes) is 5. The number of aromatic nitrogens is 1. The lowest BCUT2D eigenvalue weighted by Crippen LogP contribution is -2.09. The van der Waals surface area contributed by atoms with Crippen molar-refractivity contribution in [3.05, 3.63) is 96.1 Å². The zero-order valence-electron chi connectivity index (χ0n) is 28.2. The molecular weight excluding hydrogens is 591 g/mol. The van der Waals surface area contributed by atoms with Gasteiger partial charge in [0.05, 0.1) is 17.5 Å². The fourth-order valence-corrected chi connectivity index (χ4v) is 6.74. The Balaban J connectivity index is 1.42. The summed E-state index contributed by atoms with van der Waals surface area (Å²) in [5.74, 6) is 0.799. The summed E-state index contributed by atoms with van der Waals surface area (Å²) in [6.45, 7) is 0.861. The quantitative estimate of drug-likeness (QED) is 0.0302. The normalized spacial score (nSPS) is 11.3. The van der Waals surface area contributed by atoms with Gasteiger partial charge in [-0.2, -0.15) is 0 Å². The second-order valence-corrected chi connectivity index (χ2v) is 13.2. The monoisotopic (exact) mass is 641 g/mol. The molecular formula is C41H51N7. The number of aryl methyl sites for hydroxylation is 3. The first-order chi connectivity index (χ1) is 23.3. The predicted molar refractivity (Wildman–Crippen MR) is 204 cm³/mol. The zero-order chi connectivity index (χ0) is 33.9. The Morgan fingerprint density at radius 3 is 1.38 bits per heavy atom. The number of benzene rings is 4. The molecule has 7 heteroatoms. The molecule has 250 valence electrons. The van der Waals surface area contributed by atoms with E-state index >= 15 is 0 Å². The van der Waals surface area contributed by atoms with Gasteiger partial charge < -0.3 is 21.8 Å². The van der Waals surface area contributed by atoms with Crippen molar-refractivity contribution in [2.45, 2.75) is 90.0 Å². The minimum Gasteiger partial charge on any atom is -0.388 e. The van der Waals surface area contributed by atoms with Crippen LogP contribution in [0.3, 0.4) is 0 Å². The minimum absolute atomic E-state index is 0.249. The van der Waals surface area contributed by atoms with E-state index in [9.17, 15) is 0 Å². The number of hydrogen-bond donors (Lipinski definition) is 6. The van der Waals surface area contributed by atoms with Crippen molar-refractivity contribution in [2.75, 3.05) is 0 Å². The Morgan fingerprint density at radius 1 is 0.458 bits per heavy atom. The predicted octanol–water partition coefficient (Wildman–Crippen LogP) is 9.31. The summed E-state index contributed by atoms with van der Waals surface area (Å²) < 4.78 is 2.47. The molecule has 48 heavy (non-hydrogen) atoms. The van der Waals surface area contributed by atoms with Crippen LogP contribution in [0.4, 0.5) is 0 Å². The lowest BCUT2D eigenvalue weighted by Gasteiger charge is -2.11. The second kappa shape index (κ2) is 16.8. The van der Waals surface area contributed by atoms with Gasteiger partial charge in [-0.15, -0.1) is 0 Å². The maximum atomic E-state index is 7.69. The van der Waals surface area contributed by atoms with Crippen molar-refractivity contribution >= 4 is 39.3 Å². The van der Waals surface area contributed by atoms with Gasteiger partial charge in [-0.05, 0) is 96.9 Å². The molecule has 0 atom stereocenters. The molecule has 0 radical (unpaired) electrons. The highest BCUT2D eigenvalue weighted by atomic mass is 15.0. The van der Waals surface area contributed by atoms with Crippen LogP contribution in [0, 0.1) is 16.2 Å². The minimum atomic E-state index is 0.249. The van der Waals surface area contributed by atoms with E-state index in [1.54, 1.807) is 0 Å². The number of rotatable bonds is 19. The fourth-order valence-electron chi connectivity index (χ4n) is 6.74. The largest absolute Gasteiger partial charge is 0.388 e. The Kier molecular flexibility index (Phi) is 12.0. The second-order valence-electron chi connectivity index (χ2n) is 13.2. The lowest BCUT2D eigenvalue weighted by atomic mass is 9.98. The number of hydrogen-bond acceptors (Lipinski definition) is 3. The standard InChI is InChI=1S/C41H51N7/c42-39(43)17-4-2-1-3-11-29-13-9-15-31(25-29)33-20-22-35-36-23-21-34(32-16-10-14-30(26-32)12-5-6-18-40(44)45)28-38(36)48(37(35)27-33)24-8-7-19-41(46)47/h9-10,13-16,20-23,25-28H,1-8,11-12,17-19,24H2,(H3,42,43)(H3,44,45)(H3,46,47). The summed E-state index contributed by atoms with van der Waals surface area (Å²) in [6, 6.07) is 31.5. The molecule has 0 saturated carbocycles. The molecule has 0 amide bonds. The molecule has 9 N–H and O–H groups in total. The van der Waals surface area contributed by atoms with Crippen molar-refractivity contribution in [2.24, 2.45) is 17.2 Å². The molecule has 0 fully saturated rings. The van der Waals surface area contributed by atoms with Crippen LogP contribution in [0.5, 0.6) is 0 Å². The van der Waals surface area contributed by atoms with E-state index < -0.39 is 0 Å². The molecule has 0 unspecified atom stereocenters. The molecule has 7 nitrogen and oxygen atoms in total. The summed E-state index contributed by atoms with van der Waals surface area (Å²) >= 11 is 0. The zero-order valence-corrected chi connectivity index (χ0v) is 28.2. The topological polar surface area (TPSA) is 155 Å². The highest BCUT2D eigenvalue weighted by Gasteiger charge is 2.14. The van der Waals surface area contributed by atoms with Gasteiger partial charge in [0.1, 0.15) is 0 Å². The first kappa shape index (κ1) is 34.4. The molecule has 0 saturated heterocycles. The van der Waals surface area contributed by atoms with Gasteiger partial charge in [-0.3, -0.25) is 16.2 Å². The molecule has 1 heterocycles. The Bertz CT molecular complexity index is 1880. The van der Waals surface area contributed by atoms with Crippen LogP contribution >= 0.6 is 0 Å². The molecule has 5 aromatic rings. The van der Waals surface area contributed by atoms with Crippen LogP contribution in [-0.4, -0.2) is 22.1 Å². The molecule has 0 aliphatic heterocycles. The molecule has 5 rings (SSSR count). The maximum Gasteiger partial charge on any atom is 0.0905 e. The smallest absolute Gasteiger partial charge is 0.0905 e. The molecule has 0 spiro atoms. The number of fused-ring (bicyclic) bond motifs is 3. The maximum absolute atomic E-state index is 7.69. The Morgan fingerprint density at radius 2 is 0.875 bits per heavy atom. The first-order valence-electron chi connectivity index (χ1n) is 17.5. The van der Waals surface area contributed by atoms with Crippen molar-refractivity contribution in [3.63, 3.8) is 0 Å². The number of nitrogens with one attached hydrogen (secondary N) is 3. The number of nitrogens with zero attached hydrogens (tertiary/aromatic N) is 1. The summed E-state index contributed by atoms with van der Waals surface area (Å²) in [5.41, 5.74) is 26.7. The van der Waals surface area contributed by atoms with E-state index in [1.165, 1.54) is 55.2 Å². The van der Waals surface area contributed by atoms with Crippen molar-refractivity contribution < 1.29 is 0 Å². The van der Waals surface area contributed by atoms with Crippen LogP contribution < -0.4 is 17.2 Å². The SMILES string of the molecule is N=C(N)CCCCCCc1cccc(-c2ccc3c4ccc(-c5cccc(CCCCC(=N)N)c5)cc4n(CCCCC(=N)N)c3c2)c1. The van der Waals surface area contributed by atoms with Crippen LogP contribution in [-0.2, 0) is 19.4 Å². The summed E-state index contributed by atoms with van der Waals surface area (Å²) in [5, 5.41) is 25.1. The van der Waals surface area contributed by atoms with Gasteiger partial charge in [-0.25, -0.2) is 0 Å². The third kappa shape index (κ3) is 9.34. The summed E-state index contributed by atoms with van der Waals surface area (Å²) in [6.07, 6.45) is 12.2. The molecule has 4 aromatic carbocycles.